The third-order valence-electron chi connectivity index (χ3n) is 2.40. The normalized spacial score (nSPS) is 11.4. The van der Waals surface area contributed by atoms with Crippen molar-refractivity contribution in [2.75, 3.05) is 19.0 Å². The van der Waals surface area contributed by atoms with Crippen molar-refractivity contribution in [3.8, 4) is 5.75 Å². The van der Waals surface area contributed by atoms with Gasteiger partial charge < -0.3 is 15.4 Å². The summed E-state index contributed by atoms with van der Waals surface area (Å²) in [5.74, 6) is -0.576. The Balaban J connectivity index is 2.72. The Bertz CT molecular complexity index is 542. The van der Waals surface area contributed by atoms with Gasteiger partial charge in [-0.25, -0.2) is 0 Å². The summed E-state index contributed by atoms with van der Waals surface area (Å²) in [6.45, 7) is 2.64. The van der Waals surface area contributed by atoms with Crippen LogP contribution in [0.5, 0.6) is 5.75 Å². The van der Waals surface area contributed by atoms with Crippen molar-refractivity contribution in [2.24, 2.45) is 0 Å². The zero-order valence-corrected chi connectivity index (χ0v) is 13.2. The molecular formula is C14H16Cl2N2O3. The second-order valence-corrected chi connectivity index (χ2v) is 4.79. The van der Waals surface area contributed by atoms with Gasteiger partial charge in [0.15, 0.2) is 0 Å². The number of nitrogens with one attached hydrogen (secondary N) is 2. The highest BCUT2D eigenvalue weighted by atomic mass is 35.5. The quantitative estimate of drug-likeness (QED) is 0.788. The lowest BCUT2D eigenvalue weighted by Gasteiger charge is -2.08. The third-order valence-corrected chi connectivity index (χ3v) is 3.22. The summed E-state index contributed by atoms with van der Waals surface area (Å²) >= 11 is 11.4. The Hall–Kier alpha value is -1.72. The van der Waals surface area contributed by atoms with Crippen LogP contribution in [0.2, 0.25) is 0 Å². The number of hydrogen-bond donors (Lipinski definition) is 2. The van der Waals surface area contributed by atoms with Crippen molar-refractivity contribution in [2.45, 2.75) is 13.3 Å². The van der Waals surface area contributed by atoms with Crippen molar-refractivity contribution < 1.29 is 14.3 Å². The van der Waals surface area contributed by atoms with E-state index in [1.807, 2.05) is 6.92 Å². The number of benzene rings is 1. The van der Waals surface area contributed by atoms with E-state index in [1.165, 1.54) is 7.05 Å². The maximum atomic E-state index is 11.8. The Morgan fingerprint density at radius 1 is 1.10 bits per heavy atom. The number of anilines is 1. The summed E-state index contributed by atoms with van der Waals surface area (Å²) in [6, 6.07) is 6.79. The molecular weight excluding hydrogens is 315 g/mol. The molecule has 0 radical (unpaired) electrons. The van der Waals surface area contributed by atoms with E-state index < -0.39 is 11.8 Å². The SMILES string of the molecule is CCCOc1ccc(NC(=O)/C(Cl)=C(/Cl)C(=O)NC)cc1. The van der Waals surface area contributed by atoms with E-state index in [1.54, 1.807) is 24.3 Å². The molecule has 0 aliphatic heterocycles. The van der Waals surface area contributed by atoms with Gasteiger partial charge in [-0.05, 0) is 30.7 Å². The van der Waals surface area contributed by atoms with Gasteiger partial charge in [-0.15, -0.1) is 0 Å². The first kappa shape index (κ1) is 17.3. The van der Waals surface area contributed by atoms with E-state index in [0.717, 1.165) is 6.42 Å². The lowest BCUT2D eigenvalue weighted by Crippen LogP contribution is -2.21. The van der Waals surface area contributed by atoms with E-state index in [9.17, 15) is 9.59 Å². The molecule has 0 heterocycles. The molecule has 1 aromatic rings. The minimum Gasteiger partial charge on any atom is -0.494 e. The predicted molar refractivity (Wildman–Crippen MR) is 83.7 cm³/mol. The van der Waals surface area contributed by atoms with Gasteiger partial charge in [-0.3, -0.25) is 9.59 Å². The van der Waals surface area contributed by atoms with E-state index in [-0.39, 0.29) is 10.1 Å². The van der Waals surface area contributed by atoms with Crippen LogP contribution in [0, 0.1) is 0 Å². The third kappa shape index (κ3) is 5.28. The predicted octanol–water partition coefficient (Wildman–Crippen LogP) is 2.85. The number of ether oxygens (including phenoxy) is 1. The summed E-state index contributed by atoms with van der Waals surface area (Å²) < 4.78 is 5.42. The zero-order valence-electron chi connectivity index (χ0n) is 11.7. The molecule has 0 aliphatic rings. The minimum atomic E-state index is -0.660. The zero-order chi connectivity index (χ0) is 15.8. The van der Waals surface area contributed by atoms with Crippen LogP contribution in [-0.4, -0.2) is 25.5 Å². The molecule has 0 spiro atoms. The molecule has 2 N–H and O–H groups in total. The van der Waals surface area contributed by atoms with Crippen LogP contribution in [0.4, 0.5) is 5.69 Å². The molecule has 5 nitrogen and oxygen atoms in total. The van der Waals surface area contributed by atoms with Gasteiger partial charge in [-0.2, -0.15) is 0 Å². The summed E-state index contributed by atoms with van der Waals surface area (Å²) in [4.78, 5) is 23.1. The molecule has 0 aliphatic carbocycles. The van der Waals surface area contributed by atoms with E-state index in [2.05, 4.69) is 10.6 Å². The first-order valence-electron chi connectivity index (χ1n) is 6.31. The van der Waals surface area contributed by atoms with Crippen LogP contribution < -0.4 is 15.4 Å². The standard InChI is InChI=1S/C14H16Cl2N2O3/c1-3-8-21-10-6-4-9(5-7-10)18-14(20)12(16)11(15)13(19)17-2/h4-7H,3,8H2,1-2H3,(H,17,19)(H,18,20)/b12-11-. The number of hydrogen-bond acceptors (Lipinski definition) is 3. The lowest BCUT2D eigenvalue weighted by atomic mass is 10.3. The number of carbonyl (C=O) groups excluding carboxylic acids is 2. The molecule has 1 rings (SSSR count). The second-order valence-electron chi connectivity index (χ2n) is 4.03. The second kappa shape index (κ2) is 8.54. The number of carbonyl (C=O) groups is 2. The van der Waals surface area contributed by atoms with Gasteiger partial charge in [0, 0.05) is 12.7 Å². The van der Waals surface area contributed by atoms with Crippen molar-refractivity contribution in [1.82, 2.24) is 5.32 Å². The van der Waals surface area contributed by atoms with Crippen molar-refractivity contribution in [1.29, 1.82) is 0 Å². The maximum absolute atomic E-state index is 11.8. The Kier molecular flexibility index (Phi) is 7.05. The van der Waals surface area contributed by atoms with Crippen LogP contribution >= 0.6 is 23.2 Å². The fourth-order valence-electron chi connectivity index (χ4n) is 1.35. The van der Waals surface area contributed by atoms with Crippen molar-refractivity contribution in [3.05, 3.63) is 34.3 Å². The Labute approximate surface area is 133 Å². The molecule has 2 amide bonds. The first-order chi connectivity index (χ1) is 9.99. The van der Waals surface area contributed by atoms with Crippen LogP contribution in [0.15, 0.2) is 34.3 Å². The van der Waals surface area contributed by atoms with Gasteiger partial charge in [-0.1, -0.05) is 30.1 Å². The molecule has 0 saturated heterocycles. The van der Waals surface area contributed by atoms with Crippen LogP contribution in [0.3, 0.4) is 0 Å². The molecule has 0 fully saturated rings. The summed E-state index contributed by atoms with van der Waals surface area (Å²) in [6.07, 6.45) is 0.914. The van der Waals surface area contributed by atoms with Gasteiger partial charge in [0.25, 0.3) is 11.8 Å². The van der Waals surface area contributed by atoms with Crippen molar-refractivity contribution in [3.63, 3.8) is 0 Å². The van der Waals surface area contributed by atoms with Crippen LogP contribution in [-0.2, 0) is 9.59 Å². The highest BCUT2D eigenvalue weighted by molar-refractivity contribution is 6.54. The topological polar surface area (TPSA) is 67.4 Å². The van der Waals surface area contributed by atoms with Crippen LogP contribution in [0.25, 0.3) is 0 Å². The maximum Gasteiger partial charge on any atom is 0.268 e. The number of likely N-dealkylation sites (N-methyl/N-ethyl adjacent to an activating group) is 1. The molecule has 0 saturated carbocycles. The van der Waals surface area contributed by atoms with Gasteiger partial charge in [0.2, 0.25) is 0 Å². The van der Waals surface area contributed by atoms with Gasteiger partial charge in [0.1, 0.15) is 15.8 Å². The Morgan fingerprint density at radius 2 is 1.67 bits per heavy atom. The van der Waals surface area contributed by atoms with Gasteiger partial charge in [0.05, 0.1) is 6.61 Å². The molecule has 7 heteroatoms. The molecule has 0 unspecified atom stereocenters. The fraction of sp³-hybridized carbons (Fsp3) is 0.286. The minimum absolute atomic E-state index is 0.362. The van der Waals surface area contributed by atoms with E-state index in [0.29, 0.717) is 18.0 Å². The largest absolute Gasteiger partial charge is 0.494 e. The summed E-state index contributed by atoms with van der Waals surface area (Å²) in [7, 11) is 1.39. The molecule has 0 aromatic heterocycles. The average Bonchev–Trinajstić information content (AvgIpc) is 2.51. The molecule has 0 bridgehead atoms. The number of halogens is 2. The van der Waals surface area contributed by atoms with Gasteiger partial charge >= 0.3 is 0 Å². The summed E-state index contributed by atoms with van der Waals surface area (Å²) in [5.41, 5.74) is 0.517. The summed E-state index contributed by atoms with van der Waals surface area (Å²) in [5, 5.41) is 4.08. The monoisotopic (exact) mass is 330 g/mol. The van der Waals surface area contributed by atoms with Crippen LogP contribution in [0.1, 0.15) is 13.3 Å². The Morgan fingerprint density at radius 3 is 2.19 bits per heavy atom. The number of rotatable bonds is 6. The molecule has 114 valence electrons. The fourth-order valence-corrected chi connectivity index (χ4v) is 1.66. The lowest BCUT2D eigenvalue weighted by molar-refractivity contribution is -0.117. The highest BCUT2D eigenvalue weighted by Gasteiger charge is 2.17. The molecule has 1 aromatic carbocycles. The van der Waals surface area contributed by atoms with E-state index in [4.69, 9.17) is 27.9 Å². The smallest absolute Gasteiger partial charge is 0.268 e. The molecule has 0 atom stereocenters. The van der Waals surface area contributed by atoms with Crippen molar-refractivity contribution >= 4 is 40.7 Å². The number of amides is 2. The molecule has 21 heavy (non-hydrogen) atoms. The van der Waals surface area contributed by atoms with E-state index >= 15 is 0 Å². The first-order valence-corrected chi connectivity index (χ1v) is 7.06. The highest BCUT2D eigenvalue weighted by Crippen LogP contribution is 2.19. The average molecular weight is 331 g/mol.